The first-order valence-electron chi connectivity index (χ1n) is 5.27. The largest absolute Gasteiger partial charge is 0.359 e. The van der Waals surface area contributed by atoms with Crippen LogP contribution in [0.1, 0.15) is 0 Å². The molecule has 6 nitrogen and oxygen atoms in total. The molecule has 86 valence electrons. The van der Waals surface area contributed by atoms with Crippen molar-refractivity contribution in [1.82, 2.24) is 14.8 Å². The van der Waals surface area contributed by atoms with Crippen LogP contribution in [0.15, 0.2) is 24.4 Å². The molecule has 0 radical (unpaired) electrons. The predicted octanol–water partition coefficient (Wildman–Crippen LogP) is 0.846. The molecule has 0 unspecified atom stereocenters. The number of amides is 1. The van der Waals surface area contributed by atoms with Crippen molar-refractivity contribution in [3.05, 3.63) is 24.4 Å². The van der Waals surface area contributed by atoms with Crippen LogP contribution in [0.3, 0.4) is 0 Å². The van der Waals surface area contributed by atoms with E-state index in [9.17, 15) is 4.79 Å². The highest BCUT2D eigenvalue weighted by molar-refractivity contribution is 5.99. The van der Waals surface area contributed by atoms with Gasteiger partial charge in [-0.2, -0.15) is 5.10 Å². The van der Waals surface area contributed by atoms with Gasteiger partial charge in [-0.3, -0.25) is 9.48 Å². The van der Waals surface area contributed by atoms with Gasteiger partial charge in [0.05, 0.1) is 17.9 Å². The Hall–Kier alpha value is -2.37. The Labute approximate surface area is 97.7 Å². The van der Waals surface area contributed by atoms with Crippen LogP contribution in [0.2, 0.25) is 0 Å². The summed E-state index contributed by atoms with van der Waals surface area (Å²) in [7, 11) is 1.86. The van der Waals surface area contributed by atoms with Crippen molar-refractivity contribution >= 4 is 17.4 Å². The van der Waals surface area contributed by atoms with Crippen LogP contribution in [0, 0.1) is 0 Å². The van der Waals surface area contributed by atoms with Crippen LogP contribution in [-0.4, -0.2) is 27.2 Å². The fourth-order valence-corrected chi connectivity index (χ4v) is 1.75. The summed E-state index contributed by atoms with van der Waals surface area (Å²) in [6, 6.07) is 5.57. The Morgan fingerprint density at radius 3 is 2.94 bits per heavy atom. The van der Waals surface area contributed by atoms with Gasteiger partial charge in [0.1, 0.15) is 5.69 Å². The zero-order valence-electron chi connectivity index (χ0n) is 9.27. The first kappa shape index (κ1) is 9.83. The van der Waals surface area contributed by atoms with E-state index < -0.39 is 0 Å². The fraction of sp³-hybridized carbons (Fsp3) is 0.182. The van der Waals surface area contributed by atoms with Gasteiger partial charge in [-0.25, -0.2) is 4.98 Å². The lowest BCUT2D eigenvalue weighted by atomic mass is 10.2. The quantitative estimate of drug-likeness (QED) is 0.760. The number of carbonyl (C=O) groups excluding carboxylic acids is 1. The van der Waals surface area contributed by atoms with E-state index in [0.717, 1.165) is 11.4 Å². The zero-order chi connectivity index (χ0) is 11.8. The van der Waals surface area contributed by atoms with Crippen LogP contribution >= 0.6 is 0 Å². The highest BCUT2D eigenvalue weighted by Crippen LogP contribution is 2.25. The van der Waals surface area contributed by atoms with Gasteiger partial charge in [0.15, 0.2) is 5.82 Å². The number of pyridine rings is 1. The number of nitrogens with zero attached hydrogens (tertiary/aromatic N) is 3. The van der Waals surface area contributed by atoms with E-state index in [4.69, 9.17) is 0 Å². The van der Waals surface area contributed by atoms with Gasteiger partial charge in [0.2, 0.25) is 5.91 Å². The van der Waals surface area contributed by atoms with Crippen molar-refractivity contribution in [2.45, 2.75) is 0 Å². The summed E-state index contributed by atoms with van der Waals surface area (Å²) >= 11 is 0. The standard InChI is InChI=1S/C11H11N5O/c1-16-5-4-8(15-16)7-2-3-9-11(14-7)12-6-10(17)13-9/h2-5H,6H2,1H3,(H,12,14)(H,13,17). The summed E-state index contributed by atoms with van der Waals surface area (Å²) in [6.07, 6.45) is 1.87. The Kier molecular flexibility index (Phi) is 2.07. The fourth-order valence-electron chi connectivity index (χ4n) is 1.75. The average molecular weight is 229 g/mol. The molecule has 0 saturated carbocycles. The molecular weight excluding hydrogens is 218 g/mol. The molecule has 6 heteroatoms. The first-order chi connectivity index (χ1) is 8.22. The number of carbonyl (C=O) groups is 1. The topological polar surface area (TPSA) is 71.8 Å². The van der Waals surface area contributed by atoms with Gasteiger partial charge < -0.3 is 10.6 Å². The van der Waals surface area contributed by atoms with Gasteiger partial charge in [-0.15, -0.1) is 0 Å². The summed E-state index contributed by atoms with van der Waals surface area (Å²) in [5, 5.41) is 10.0. The number of fused-ring (bicyclic) bond motifs is 1. The van der Waals surface area contributed by atoms with Gasteiger partial charge in [0, 0.05) is 13.2 Å². The number of aromatic nitrogens is 3. The zero-order valence-corrected chi connectivity index (χ0v) is 9.27. The number of hydrogen-bond donors (Lipinski definition) is 2. The maximum absolute atomic E-state index is 11.2. The highest BCUT2D eigenvalue weighted by atomic mass is 16.2. The van der Waals surface area contributed by atoms with Crippen LogP contribution in [0.5, 0.6) is 0 Å². The SMILES string of the molecule is Cn1ccc(-c2ccc3c(n2)NCC(=O)N3)n1. The maximum atomic E-state index is 11.2. The van der Waals surface area contributed by atoms with Gasteiger partial charge in [-0.1, -0.05) is 0 Å². The van der Waals surface area contributed by atoms with Crippen molar-refractivity contribution in [2.24, 2.45) is 7.05 Å². The van der Waals surface area contributed by atoms with Gasteiger partial charge in [-0.05, 0) is 18.2 Å². The summed E-state index contributed by atoms with van der Waals surface area (Å²) in [5.74, 6) is 0.637. The third-order valence-corrected chi connectivity index (χ3v) is 2.56. The number of hydrogen-bond acceptors (Lipinski definition) is 4. The van der Waals surface area contributed by atoms with E-state index in [1.165, 1.54) is 0 Å². The number of nitrogens with one attached hydrogen (secondary N) is 2. The van der Waals surface area contributed by atoms with E-state index in [1.807, 2.05) is 31.4 Å². The molecule has 17 heavy (non-hydrogen) atoms. The molecule has 3 rings (SSSR count). The molecule has 0 atom stereocenters. The molecule has 2 aromatic heterocycles. The third kappa shape index (κ3) is 1.73. The molecule has 1 aliphatic rings. The number of rotatable bonds is 1. The molecule has 1 aliphatic heterocycles. The van der Waals surface area contributed by atoms with Crippen LogP contribution < -0.4 is 10.6 Å². The van der Waals surface area contributed by atoms with Gasteiger partial charge in [0.25, 0.3) is 0 Å². The molecule has 0 bridgehead atoms. The van der Waals surface area contributed by atoms with Crippen LogP contribution in [0.4, 0.5) is 11.5 Å². The predicted molar refractivity (Wildman–Crippen MR) is 63.6 cm³/mol. The number of aryl methyl sites for hydroxylation is 1. The van der Waals surface area contributed by atoms with E-state index in [0.29, 0.717) is 11.5 Å². The summed E-state index contributed by atoms with van der Waals surface area (Å²) in [6.45, 7) is 0.256. The Bertz CT molecular complexity index is 589. The van der Waals surface area contributed by atoms with E-state index in [1.54, 1.807) is 4.68 Å². The Morgan fingerprint density at radius 2 is 2.18 bits per heavy atom. The molecule has 0 aliphatic carbocycles. The van der Waals surface area contributed by atoms with Crippen molar-refractivity contribution < 1.29 is 4.79 Å². The first-order valence-corrected chi connectivity index (χ1v) is 5.27. The Balaban J connectivity index is 2.01. The molecule has 2 N–H and O–H groups in total. The molecule has 2 aromatic rings. The molecule has 0 saturated heterocycles. The highest BCUT2D eigenvalue weighted by Gasteiger charge is 2.16. The van der Waals surface area contributed by atoms with E-state index >= 15 is 0 Å². The monoisotopic (exact) mass is 229 g/mol. The van der Waals surface area contributed by atoms with E-state index in [2.05, 4.69) is 20.7 Å². The third-order valence-electron chi connectivity index (χ3n) is 2.56. The summed E-state index contributed by atoms with van der Waals surface area (Å²) in [5.41, 5.74) is 2.31. The average Bonchev–Trinajstić information content (AvgIpc) is 2.75. The molecule has 1 amide bonds. The molecule has 0 aromatic carbocycles. The number of anilines is 2. The Morgan fingerprint density at radius 1 is 1.29 bits per heavy atom. The summed E-state index contributed by atoms with van der Waals surface area (Å²) in [4.78, 5) is 15.6. The second-order valence-electron chi connectivity index (χ2n) is 3.87. The minimum atomic E-state index is -0.0510. The van der Waals surface area contributed by atoms with Crippen molar-refractivity contribution in [3.63, 3.8) is 0 Å². The molecule has 0 fully saturated rings. The van der Waals surface area contributed by atoms with Crippen molar-refractivity contribution in [2.75, 3.05) is 17.2 Å². The normalized spacial score (nSPS) is 13.8. The molecular formula is C11H11N5O. The second-order valence-corrected chi connectivity index (χ2v) is 3.87. The summed E-state index contributed by atoms with van der Waals surface area (Å²) < 4.78 is 1.73. The molecule has 0 spiro atoms. The van der Waals surface area contributed by atoms with Crippen molar-refractivity contribution in [1.29, 1.82) is 0 Å². The van der Waals surface area contributed by atoms with Crippen molar-refractivity contribution in [3.8, 4) is 11.4 Å². The van der Waals surface area contributed by atoms with Crippen LogP contribution in [-0.2, 0) is 11.8 Å². The minimum absolute atomic E-state index is 0.0510. The second kappa shape index (κ2) is 3.58. The lowest BCUT2D eigenvalue weighted by molar-refractivity contribution is -0.114. The lowest BCUT2D eigenvalue weighted by Gasteiger charge is -2.17. The van der Waals surface area contributed by atoms with Gasteiger partial charge >= 0.3 is 0 Å². The molecule has 3 heterocycles. The smallest absolute Gasteiger partial charge is 0.243 e. The minimum Gasteiger partial charge on any atom is -0.359 e. The maximum Gasteiger partial charge on any atom is 0.243 e. The lowest BCUT2D eigenvalue weighted by Crippen LogP contribution is -2.28. The van der Waals surface area contributed by atoms with E-state index in [-0.39, 0.29) is 12.5 Å². The van der Waals surface area contributed by atoms with Crippen LogP contribution in [0.25, 0.3) is 11.4 Å².